The summed E-state index contributed by atoms with van der Waals surface area (Å²) in [5.74, 6) is -13.5. The van der Waals surface area contributed by atoms with E-state index in [1.165, 1.54) is 75.1 Å². The zero-order valence-electron chi connectivity index (χ0n) is 62.6. The molecule has 35 heteroatoms. The number of nitrogens with two attached hydrogens (primary N) is 3. The Hall–Kier alpha value is -8.19. The predicted octanol–water partition coefficient (Wildman–Crippen LogP) is -3.03. The highest BCUT2D eigenvalue weighted by Crippen LogP contribution is 2.24. The van der Waals surface area contributed by atoms with Crippen molar-refractivity contribution in [3.8, 4) is 5.75 Å². The van der Waals surface area contributed by atoms with Gasteiger partial charge in [-0.25, -0.2) is 4.79 Å². The molecule has 22 N–H and O–H groups in total. The number of phenolic OH excluding ortho intramolecular Hbond substituents is 1. The molecule has 0 spiro atoms. The van der Waals surface area contributed by atoms with Gasteiger partial charge in [0.1, 0.15) is 78.3 Å². The van der Waals surface area contributed by atoms with E-state index in [0.717, 1.165) is 57.8 Å². The second-order valence-electron chi connectivity index (χ2n) is 28.1. The summed E-state index contributed by atoms with van der Waals surface area (Å²) in [5.41, 5.74) is 17.6. The number of aromatic hydroxyl groups is 1. The van der Waals surface area contributed by atoms with Gasteiger partial charge in [0, 0.05) is 19.5 Å². The molecule has 0 unspecified atom stereocenters. The van der Waals surface area contributed by atoms with Crippen LogP contribution < -0.4 is 65.1 Å². The van der Waals surface area contributed by atoms with Gasteiger partial charge in [-0.3, -0.25) is 57.5 Å². The van der Waals surface area contributed by atoms with Gasteiger partial charge in [0.25, 0.3) is 0 Å². The van der Waals surface area contributed by atoms with E-state index in [1.807, 2.05) is 0 Å². The number of aliphatic hydroxyl groups is 5. The maximum atomic E-state index is 14.5. The van der Waals surface area contributed by atoms with Gasteiger partial charge in [0.15, 0.2) is 0 Å². The van der Waals surface area contributed by atoms with Gasteiger partial charge < -0.3 is 115 Å². The molecule has 2 aliphatic rings. The number of aliphatic hydroxyl groups excluding tert-OH is 5. The summed E-state index contributed by atoms with van der Waals surface area (Å²) in [6, 6.07) is -11.0. The Morgan fingerprint density at radius 3 is 1.50 bits per heavy atom. The van der Waals surface area contributed by atoms with Crippen molar-refractivity contribution in [1.29, 1.82) is 0 Å². The fraction of sp³-hybridized carbons (Fsp3) is 0.732. The highest BCUT2D eigenvalue weighted by atomic mass is 16.5. The first-order valence-corrected chi connectivity index (χ1v) is 37.2. The summed E-state index contributed by atoms with van der Waals surface area (Å²) in [4.78, 5) is 180. The van der Waals surface area contributed by atoms with Crippen LogP contribution >= 0.6 is 0 Å². The van der Waals surface area contributed by atoms with E-state index < -0.39 is 199 Å². The van der Waals surface area contributed by atoms with Gasteiger partial charge in [0.05, 0.1) is 43.5 Å². The minimum absolute atomic E-state index is 0.00657. The molecule has 2 saturated heterocycles. The van der Waals surface area contributed by atoms with Crippen molar-refractivity contribution >= 4 is 76.9 Å². The fourth-order valence-electron chi connectivity index (χ4n) is 12.3. The third-order valence-electron chi connectivity index (χ3n) is 18.6. The van der Waals surface area contributed by atoms with Crippen molar-refractivity contribution in [3.05, 3.63) is 29.8 Å². The van der Waals surface area contributed by atoms with E-state index in [0.29, 0.717) is 12.0 Å². The summed E-state index contributed by atoms with van der Waals surface area (Å²) in [6.45, 7) is 10.3. The highest BCUT2D eigenvalue weighted by molar-refractivity contribution is 6.00. The van der Waals surface area contributed by atoms with Crippen molar-refractivity contribution in [2.75, 3.05) is 32.7 Å². The molecule has 11 amide bonds. The van der Waals surface area contributed by atoms with Gasteiger partial charge in [0.2, 0.25) is 65.0 Å². The lowest BCUT2D eigenvalue weighted by Gasteiger charge is -2.33. The number of hydrogen-bond acceptors (Lipinski definition) is 23. The van der Waals surface area contributed by atoms with Crippen molar-refractivity contribution < 1.29 is 103 Å². The number of nitrogens with zero attached hydrogens (tertiary/aromatic N) is 2. The Labute approximate surface area is 619 Å². The molecule has 0 aliphatic carbocycles. The van der Waals surface area contributed by atoms with E-state index in [9.17, 15) is 98.1 Å². The van der Waals surface area contributed by atoms with Gasteiger partial charge in [-0.2, -0.15) is 0 Å². The molecule has 2 aliphatic heterocycles. The van der Waals surface area contributed by atoms with Crippen LogP contribution in [0.2, 0.25) is 0 Å². The number of likely N-dealkylation sites (tertiary alicyclic amines) is 2. The van der Waals surface area contributed by atoms with Gasteiger partial charge in [-0.05, 0) is 129 Å². The Balaban J connectivity index is 1.72. The van der Waals surface area contributed by atoms with E-state index in [1.54, 1.807) is 13.8 Å². The number of benzene rings is 1. The predicted molar refractivity (Wildman–Crippen MR) is 386 cm³/mol. The smallest absolute Gasteiger partial charge is 0.328 e. The van der Waals surface area contributed by atoms with Crippen molar-refractivity contribution in [2.45, 2.75) is 293 Å². The van der Waals surface area contributed by atoms with Gasteiger partial charge in [-0.1, -0.05) is 97.1 Å². The third-order valence-corrected chi connectivity index (χ3v) is 18.6. The highest BCUT2D eigenvalue weighted by Gasteiger charge is 2.45. The first-order valence-electron chi connectivity index (χ1n) is 37.2. The average Bonchev–Trinajstić information content (AvgIpc) is 1.67. The maximum absolute atomic E-state index is 14.5. The number of carbonyl (C=O) groups excluding carboxylic acids is 12. The van der Waals surface area contributed by atoms with Crippen LogP contribution in [-0.4, -0.2) is 258 Å². The number of carboxylic acids is 1. The number of carboxylic acid groups (broad SMARTS) is 1. The molecular weight excluding hydrogens is 1380 g/mol. The molecule has 0 aromatic heterocycles. The minimum Gasteiger partial charge on any atom is -0.508 e. The normalized spacial score (nSPS) is 18.6. The van der Waals surface area contributed by atoms with Crippen LogP contribution in [0.1, 0.15) is 189 Å². The molecule has 0 saturated carbocycles. The van der Waals surface area contributed by atoms with Crippen LogP contribution in [0.15, 0.2) is 24.3 Å². The molecule has 600 valence electrons. The summed E-state index contributed by atoms with van der Waals surface area (Å²) in [7, 11) is 0. The average molecular weight is 1510 g/mol. The molecule has 2 fully saturated rings. The van der Waals surface area contributed by atoms with E-state index in [-0.39, 0.29) is 89.7 Å². The lowest BCUT2D eigenvalue weighted by Crippen LogP contribution is -2.63. The van der Waals surface area contributed by atoms with E-state index in [4.69, 9.17) is 21.9 Å². The van der Waals surface area contributed by atoms with E-state index in [2.05, 4.69) is 54.8 Å². The fourth-order valence-corrected chi connectivity index (χ4v) is 12.3. The number of unbranched alkanes of at least 4 members (excludes halogenated alkanes) is 10. The van der Waals surface area contributed by atoms with Crippen LogP contribution in [0.4, 0.5) is 0 Å². The number of rotatable bonds is 49. The number of nitrogens with one attached hydrogen (secondary N) is 9. The number of aliphatic carboxylic acids is 1. The molecule has 106 heavy (non-hydrogen) atoms. The summed E-state index contributed by atoms with van der Waals surface area (Å²) >= 11 is 0. The molecule has 1 aromatic carbocycles. The molecule has 1 aromatic rings. The van der Waals surface area contributed by atoms with E-state index >= 15 is 0 Å². The SMILES string of the molecule is CCCCCCCCCCCCC[C@H](CC(=O)O)OC(=O)[C@H](CCCN)NC(=O)[C@@H](NC(=O)CNC(=O)[C@@H](NC(=O)[C@@H]1CCCN1C(=O)[C@@H](NC(=O)[C@@H](NC(=O)[C@@H]1CCCN1C(=O)[C@@H](NC(=O)[C@H](Cc1ccc(O)cc1)NC(=O)[C@@H](C)NC(=O)[C@@H](N)[C@@H](C)O)C(C)C)[C@@H](C)O)[C@@H](C)O)[C@H](O)CCN)[C@@H](C)O. The van der Waals surface area contributed by atoms with Crippen LogP contribution in [-0.2, 0) is 73.5 Å². The Morgan fingerprint density at radius 2 is 1.00 bits per heavy atom. The Morgan fingerprint density at radius 1 is 0.509 bits per heavy atom. The van der Waals surface area contributed by atoms with Crippen LogP contribution in [0, 0.1) is 5.92 Å². The summed E-state index contributed by atoms with van der Waals surface area (Å²) in [5, 5.41) is 95.0. The largest absolute Gasteiger partial charge is 0.508 e. The lowest BCUT2D eigenvalue weighted by atomic mass is 9.99. The van der Waals surface area contributed by atoms with Crippen LogP contribution in [0.25, 0.3) is 0 Å². The first-order chi connectivity index (χ1) is 50.1. The quantitative estimate of drug-likeness (QED) is 0.0228. The zero-order chi connectivity index (χ0) is 79.5. The topological polar surface area (TPSA) is 566 Å². The van der Waals surface area contributed by atoms with Crippen molar-refractivity contribution in [1.82, 2.24) is 57.7 Å². The molecule has 0 radical (unpaired) electrons. The Bertz CT molecular complexity index is 3020. The standard InChI is InChI=1S/C71H120N14O21/c1-9-10-11-12-13-14-15-16-17-18-19-23-47(37-54(93)94)106-71(105)48(24-20-32-72)77-67(101)57(42(6)87)79-53(92)38-75-66(100)60(52(91)31-33-73)83-64(98)51-26-22-35-85(51)70(104)59(44(8)89)82-68(102)58(43(7)88)81-63(97)50-25-21-34-84(50)69(103)56(39(2)3)80-62(96)49(36-45-27-29-46(90)30-28-45)78-61(95)40(4)76-65(99)55(74)41(5)86/h27-30,39-44,47-52,55-60,86-91H,9-26,31-38,72-74H2,1-8H3,(H,75,100)(H,76,99)(H,77,101)(H,78,95)(H,79,92)(H,80,96)(H,81,97)(H,82,102)(H,83,98)(H,93,94)/t40-,41-,42-,43-,44-,47-,48+,49+,50+,51+,52-,55+,56+,57+,58+,59+,60+/m1/s1. The molecule has 0 bridgehead atoms. The van der Waals surface area contributed by atoms with Crippen molar-refractivity contribution in [3.63, 3.8) is 0 Å². The maximum Gasteiger partial charge on any atom is 0.328 e. The number of amides is 11. The number of carbonyl (C=O) groups is 13. The number of phenols is 1. The monoisotopic (exact) mass is 1500 g/mol. The second kappa shape index (κ2) is 47.5. The zero-order valence-corrected chi connectivity index (χ0v) is 62.6. The second-order valence-corrected chi connectivity index (χ2v) is 28.1. The molecule has 2 heterocycles. The van der Waals surface area contributed by atoms with Gasteiger partial charge in [-0.15, -0.1) is 0 Å². The third kappa shape index (κ3) is 31.0. The molecule has 35 nitrogen and oxygen atoms in total. The number of ether oxygens (including phenoxy) is 1. The van der Waals surface area contributed by atoms with Crippen LogP contribution in [0.5, 0.6) is 5.75 Å². The summed E-state index contributed by atoms with van der Waals surface area (Å²) < 4.78 is 5.64. The molecule has 3 rings (SSSR count). The lowest BCUT2D eigenvalue weighted by molar-refractivity contribution is -0.157. The molecular formula is C71H120N14O21. The number of hydrogen-bond donors (Lipinski definition) is 19. The van der Waals surface area contributed by atoms with Crippen molar-refractivity contribution in [2.24, 2.45) is 23.1 Å². The minimum atomic E-state index is -1.85. The molecule has 17 atom stereocenters. The van der Waals surface area contributed by atoms with Crippen LogP contribution in [0.3, 0.4) is 0 Å². The number of esters is 1. The first kappa shape index (κ1) is 92.0. The summed E-state index contributed by atoms with van der Waals surface area (Å²) in [6.07, 6.45) is 2.59. The Kier molecular flexibility index (Phi) is 41.2. The van der Waals surface area contributed by atoms with Gasteiger partial charge >= 0.3 is 11.9 Å².